The van der Waals surface area contributed by atoms with Gasteiger partial charge in [0.05, 0.1) is 6.42 Å². The highest BCUT2D eigenvalue weighted by molar-refractivity contribution is 5.72. The summed E-state index contributed by atoms with van der Waals surface area (Å²) >= 11 is 0. The number of carbonyl (C=O) groups excluding carboxylic acids is 2. The maximum atomic E-state index is 12.4. The van der Waals surface area contributed by atoms with E-state index in [1.807, 2.05) is 18.2 Å². The molecule has 1 aromatic rings. The number of hydrogen-bond donors (Lipinski definition) is 1. The SMILES string of the molecule is CC(=O)OC(C)CC(=O)O[C@H]1C=C2CCN3Cc4cc5c(cc4[C@H]([C@@H]1O)[C@@H]23)OCO5. The zero-order chi connectivity index (χ0) is 21.0. The summed E-state index contributed by atoms with van der Waals surface area (Å²) in [6, 6.07) is 4.06. The van der Waals surface area contributed by atoms with Gasteiger partial charge in [-0.25, -0.2) is 0 Å². The third-order valence-electron chi connectivity index (χ3n) is 6.34. The fourth-order valence-electron chi connectivity index (χ4n) is 5.20. The van der Waals surface area contributed by atoms with Crippen LogP contribution >= 0.6 is 0 Å². The average molecular weight is 415 g/mol. The first kappa shape index (κ1) is 19.4. The molecule has 5 atom stereocenters. The number of aliphatic hydroxyl groups excluding tert-OH is 1. The molecule has 0 saturated carbocycles. The van der Waals surface area contributed by atoms with Crippen molar-refractivity contribution in [1.29, 1.82) is 0 Å². The molecule has 0 spiro atoms. The first-order valence-corrected chi connectivity index (χ1v) is 10.3. The highest BCUT2D eigenvalue weighted by Gasteiger charge is 2.50. The molecule has 0 radical (unpaired) electrons. The zero-order valence-electron chi connectivity index (χ0n) is 17.0. The molecule has 0 amide bonds. The van der Waals surface area contributed by atoms with Crippen LogP contribution in [-0.4, -0.2) is 59.6 Å². The molecule has 1 aromatic carbocycles. The summed E-state index contributed by atoms with van der Waals surface area (Å²) in [5.41, 5.74) is 3.32. The van der Waals surface area contributed by atoms with E-state index < -0.39 is 30.3 Å². The molecular formula is C22H25NO7. The summed E-state index contributed by atoms with van der Waals surface area (Å²) in [5, 5.41) is 11.2. The lowest BCUT2D eigenvalue weighted by molar-refractivity contribution is -0.159. The van der Waals surface area contributed by atoms with E-state index in [2.05, 4.69) is 4.90 Å². The number of esters is 2. The van der Waals surface area contributed by atoms with E-state index in [4.69, 9.17) is 18.9 Å². The van der Waals surface area contributed by atoms with Gasteiger partial charge < -0.3 is 24.1 Å². The number of benzene rings is 1. The van der Waals surface area contributed by atoms with E-state index in [-0.39, 0.29) is 25.2 Å². The third-order valence-corrected chi connectivity index (χ3v) is 6.34. The topological polar surface area (TPSA) is 94.5 Å². The summed E-state index contributed by atoms with van der Waals surface area (Å²) in [6.07, 6.45) is 0.529. The van der Waals surface area contributed by atoms with Gasteiger partial charge in [0.25, 0.3) is 0 Å². The molecule has 0 bridgehead atoms. The van der Waals surface area contributed by atoms with Crippen molar-refractivity contribution in [2.75, 3.05) is 13.3 Å². The number of aliphatic hydroxyl groups is 1. The van der Waals surface area contributed by atoms with Crippen molar-refractivity contribution < 1.29 is 33.6 Å². The highest BCUT2D eigenvalue weighted by Crippen LogP contribution is 2.50. The van der Waals surface area contributed by atoms with Crippen molar-refractivity contribution in [2.45, 2.75) is 63.5 Å². The van der Waals surface area contributed by atoms with Crippen molar-refractivity contribution in [3.63, 3.8) is 0 Å². The second-order valence-corrected chi connectivity index (χ2v) is 8.41. The minimum Gasteiger partial charge on any atom is -0.462 e. The fraction of sp³-hybridized carbons (Fsp3) is 0.545. The van der Waals surface area contributed by atoms with Gasteiger partial charge in [-0.15, -0.1) is 0 Å². The van der Waals surface area contributed by atoms with Crippen LogP contribution in [0.1, 0.15) is 43.7 Å². The summed E-state index contributed by atoms with van der Waals surface area (Å²) in [5.74, 6) is 0.262. The molecule has 30 heavy (non-hydrogen) atoms. The number of ether oxygens (including phenoxy) is 4. The number of fused-ring (bicyclic) bond motifs is 3. The van der Waals surface area contributed by atoms with Crippen LogP contribution in [0.3, 0.4) is 0 Å². The quantitative estimate of drug-likeness (QED) is 0.586. The van der Waals surface area contributed by atoms with E-state index in [0.29, 0.717) is 5.75 Å². The van der Waals surface area contributed by atoms with Crippen LogP contribution in [0, 0.1) is 0 Å². The Bertz CT molecular complexity index is 926. The van der Waals surface area contributed by atoms with Crippen LogP contribution in [-0.2, 0) is 25.6 Å². The second kappa shape index (κ2) is 7.28. The second-order valence-electron chi connectivity index (χ2n) is 8.41. The molecule has 160 valence electrons. The van der Waals surface area contributed by atoms with Crippen LogP contribution in [0.2, 0.25) is 0 Å². The predicted octanol–water partition coefficient (Wildman–Crippen LogP) is 1.64. The van der Waals surface area contributed by atoms with Crippen molar-refractivity contribution in [3.05, 3.63) is 34.9 Å². The Morgan fingerprint density at radius 3 is 2.83 bits per heavy atom. The molecule has 0 aromatic heterocycles. The van der Waals surface area contributed by atoms with Gasteiger partial charge in [-0.3, -0.25) is 14.5 Å². The first-order chi connectivity index (χ1) is 14.4. The Morgan fingerprint density at radius 2 is 2.07 bits per heavy atom. The monoisotopic (exact) mass is 415 g/mol. The number of nitrogens with zero attached hydrogens (tertiary/aromatic N) is 1. The molecule has 8 heteroatoms. The molecule has 1 aliphatic carbocycles. The molecule has 1 N–H and O–H groups in total. The Balaban J connectivity index is 1.41. The Morgan fingerprint density at radius 1 is 1.30 bits per heavy atom. The maximum absolute atomic E-state index is 12.4. The molecule has 3 aliphatic heterocycles. The van der Waals surface area contributed by atoms with Gasteiger partial charge in [0.2, 0.25) is 6.79 Å². The predicted molar refractivity (Wildman–Crippen MR) is 104 cm³/mol. The van der Waals surface area contributed by atoms with Crippen LogP contribution in [0.15, 0.2) is 23.8 Å². The fourth-order valence-corrected chi connectivity index (χ4v) is 5.20. The zero-order valence-corrected chi connectivity index (χ0v) is 17.0. The van der Waals surface area contributed by atoms with Gasteiger partial charge in [-0.2, -0.15) is 0 Å². The third kappa shape index (κ3) is 3.24. The summed E-state index contributed by atoms with van der Waals surface area (Å²) < 4.78 is 21.7. The van der Waals surface area contributed by atoms with Crippen LogP contribution in [0.4, 0.5) is 0 Å². The van der Waals surface area contributed by atoms with Crippen molar-refractivity contribution >= 4 is 11.9 Å². The summed E-state index contributed by atoms with van der Waals surface area (Å²) in [4.78, 5) is 25.8. The van der Waals surface area contributed by atoms with E-state index in [1.165, 1.54) is 12.5 Å². The smallest absolute Gasteiger partial charge is 0.310 e. The van der Waals surface area contributed by atoms with Gasteiger partial charge in [0, 0.05) is 32.0 Å². The standard InChI is InChI=1S/C22H25NO7/c1-11(29-12(2)24)5-19(25)30-18-6-13-3-4-23-9-14-7-16-17(28-10-27-16)8-15(14)20(21(13)23)22(18)26/h6-8,11,18,20-22,26H,3-5,9-10H2,1-2H3/t11?,18-,20-,21+,22+/m0/s1. The Hall–Kier alpha value is -2.58. The lowest BCUT2D eigenvalue weighted by atomic mass is 9.73. The first-order valence-electron chi connectivity index (χ1n) is 10.3. The van der Waals surface area contributed by atoms with Gasteiger partial charge in [-0.05, 0) is 42.7 Å². The van der Waals surface area contributed by atoms with Crippen LogP contribution in [0.5, 0.6) is 11.5 Å². The summed E-state index contributed by atoms with van der Waals surface area (Å²) in [7, 11) is 0. The Labute approximate surface area is 174 Å². The minimum atomic E-state index is -0.883. The molecule has 8 nitrogen and oxygen atoms in total. The van der Waals surface area contributed by atoms with E-state index in [0.717, 1.165) is 36.4 Å². The van der Waals surface area contributed by atoms with Crippen molar-refractivity contribution in [3.8, 4) is 11.5 Å². The molecule has 5 rings (SSSR count). The molecule has 4 aliphatic rings. The Kier molecular flexibility index (Phi) is 4.71. The number of hydrogen-bond acceptors (Lipinski definition) is 8. The normalized spacial score (nSPS) is 29.5. The highest BCUT2D eigenvalue weighted by atomic mass is 16.7. The molecule has 1 saturated heterocycles. The van der Waals surface area contributed by atoms with Gasteiger partial charge in [0.1, 0.15) is 18.3 Å². The van der Waals surface area contributed by atoms with E-state index >= 15 is 0 Å². The lowest BCUT2D eigenvalue weighted by Gasteiger charge is -2.45. The molecule has 3 heterocycles. The van der Waals surface area contributed by atoms with Crippen molar-refractivity contribution in [2.24, 2.45) is 0 Å². The average Bonchev–Trinajstić information content (AvgIpc) is 3.29. The van der Waals surface area contributed by atoms with Crippen molar-refractivity contribution in [1.82, 2.24) is 4.90 Å². The minimum absolute atomic E-state index is 0.0541. The number of rotatable bonds is 4. The molecule has 1 unspecified atom stereocenters. The van der Waals surface area contributed by atoms with E-state index in [9.17, 15) is 14.7 Å². The lowest BCUT2D eigenvalue weighted by Crippen LogP contribution is -2.51. The van der Waals surface area contributed by atoms with Gasteiger partial charge in [-0.1, -0.05) is 5.57 Å². The summed E-state index contributed by atoms with van der Waals surface area (Å²) in [6.45, 7) is 4.84. The molecule has 1 fully saturated rings. The number of carbonyl (C=O) groups is 2. The van der Waals surface area contributed by atoms with Gasteiger partial charge in [0.15, 0.2) is 11.5 Å². The van der Waals surface area contributed by atoms with Gasteiger partial charge >= 0.3 is 11.9 Å². The van der Waals surface area contributed by atoms with Crippen LogP contribution in [0.25, 0.3) is 0 Å². The maximum Gasteiger partial charge on any atom is 0.310 e. The molecular weight excluding hydrogens is 390 g/mol. The van der Waals surface area contributed by atoms with E-state index in [1.54, 1.807) is 6.92 Å². The largest absolute Gasteiger partial charge is 0.462 e. The van der Waals surface area contributed by atoms with Crippen LogP contribution < -0.4 is 9.47 Å².